The Hall–Kier alpha value is -1.36. The van der Waals surface area contributed by atoms with Gasteiger partial charge in [0, 0.05) is 38.7 Å². The van der Waals surface area contributed by atoms with E-state index in [1.165, 1.54) is 0 Å². The van der Waals surface area contributed by atoms with Crippen LogP contribution in [0.1, 0.15) is 32.6 Å². The van der Waals surface area contributed by atoms with Gasteiger partial charge >= 0.3 is 0 Å². The van der Waals surface area contributed by atoms with Crippen molar-refractivity contribution in [3.8, 4) is 0 Å². The summed E-state index contributed by atoms with van der Waals surface area (Å²) in [5.74, 6) is 1.89. The third kappa shape index (κ3) is 3.20. The Morgan fingerprint density at radius 2 is 2.20 bits per heavy atom. The average Bonchev–Trinajstić information content (AvgIpc) is 2.48. The van der Waals surface area contributed by atoms with E-state index in [1.807, 2.05) is 25.1 Å². The molecule has 2 heterocycles. The molecule has 0 unspecified atom stereocenters. The van der Waals surface area contributed by atoms with Crippen molar-refractivity contribution < 1.29 is 5.11 Å². The minimum Gasteiger partial charge on any atom is -0.396 e. The molecule has 2 rings (SSSR count). The number of hydrogen-bond donors (Lipinski definition) is 1. The summed E-state index contributed by atoms with van der Waals surface area (Å²) in [5.41, 5.74) is 0.0379. The van der Waals surface area contributed by atoms with Crippen molar-refractivity contribution in [3.63, 3.8) is 0 Å². The van der Waals surface area contributed by atoms with Gasteiger partial charge in [-0.2, -0.15) is 0 Å². The molecule has 0 aliphatic carbocycles. The third-order valence-electron chi connectivity index (χ3n) is 4.20. The molecular weight excluding hydrogens is 252 g/mol. The molecule has 1 aromatic rings. The summed E-state index contributed by atoms with van der Waals surface area (Å²) in [4.78, 5) is 13.0. The van der Waals surface area contributed by atoms with E-state index in [2.05, 4.69) is 21.8 Å². The quantitative estimate of drug-likeness (QED) is 0.892. The second-order valence-corrected chi connectivity index (χ2v) is 6.06. The van der Waals surface area contributed by atoms with Crippen LogP contribution in [0.15, 0.2) is 12.4 Å². The van der Waals surface area contributed by atoms with Crippen LogP contribution in [0.25, 0.3) is 0 Å². The van der Waals surface area contributed by atoms with Gasteiger partial charge in [-0.15, -0.1) is 0 Å². The SMILES string of the molecule is CCC[C@]1(CO)CCCN(c2cc(N(C)C)ncn2)C1. The van der Waals surface area contributed by atoms with Gasteiger partial charge in [0.15, 0.2) is 0 Å². The van der Waals surface area contributed by atoms with Crippen LogP contribution < -0.4 is 9.80 Å². The van der Waals surface area contributed by atoms with Crippen molar-refractivity contribution in [3.05, 3.63) is 12.4 Å². The van der Waals surface area contributed by atoms with Crippen molar-refractivity contribution in [1.82, 2.24) is 9.97 Å². The maximum Gasteiger partial charge on any atom is 0.134 e. The van der Waals surface area contributed by atoms with Crippen LogP contribution in [0.3, 0.4) is 0 Å². The summed E-state index contributed by atoms with van der Waals surface area (Å²) >= 11 is 0. The van der Waals surface area contributed by atoms with Gasteiger partial charge in [-0.25, -0.2) is 9.97 Å². The summed E-state index contributed by atoms with van der Waals surface area (Å²) in [6.07, 6.45) is 6.04. The maximum absolute atomic E-state index is 9.81. The molecule has 1 atom stereocenters. The van der Waals surface area contributed by atoms with Gasteiger partial charge in [0.25, 0.3) is 0 Å². The number of aliphatic hydroxyl groups excluding tert-OH is 1. The first-order valence-electron chi connectivity index (χ1n) is 7.45. The summed E-state index contributed by atoms with van der Waals surface area (Å²) in [6.45, 7) is 4.35. The molecule has 0 aromatic carbocycles. The zero-order valence-electron chi connectivity index (χ0n) is 12.8. The highest BCUT2D eigenvalue weighted by atomic mass is 16.3. The van der Waals surface area contributed by atoms with Gasteiger partial charge in [-0.05, 0) is 19.3 Å². The molecule has 5 nitrogen and oxygen atoms in total. The standard InChI is InChI=1S/C15H26N4O/c1-4-6-15(11-20)7-5-8-19(10-15)14-9-13(18(2)3)16-12-17-14/h9,12,20H,4-8,10-11H2,1-3H3/t15-/m0/s1. The van der Waals surface area contributed by atoms with Gasteiger partial charge in [0.1, 0.15) is 18.0 Å². The molecule has 0 spiro atoms. The van der Waals surface area contributed by atoms with Crippen molar-refractivity contribution in [2.45, 2.75) is 32.6 Å². The van der Waals surface area contributed by atoms with Crippen LogP contribution in [0, 0.1) is 5.41 Å². The summed E-state index contributed by atoms with van der Waals surface area (Å²) in [6, 6.07) is 2.03. The van der Waals surface area contributed by atoms with Crippen LogP contribution in [0.5, 0.6) is 0 Å². The van der Waals surface area contributed by atoms with Crippen molar-refractivity contribution >= 4 is 11.6 Å². The Bertz CT molecular complexity index is 434. The predicted molar refractivity (Wildman–Crippen MR) is 82.2 cm³/mol. The molecule has 1 fully saturated rings. The van der Waals surface area contributed by atoms with Crippen molar-refractivity contribution in [2.75, 3.05) is 43.6 Å². The lowest BCUT2D eigenvalue weighted by Crippen LogP contribution is -2.45. The Morgan fingerprint density at radius 3 is 2.85 bits per heavy atom. The zero-order chi connectivity index (χ0) is 14.6. The van der Waals surface area contributed by atoms with Crippen molar-refractivity contribution in [2.24, 2.45) is 5.41 Å². The maximum atomic E-state index is 9.81. The van der Waals surface area contributed by atoms with E-state index in [9.17, 15) is 5.11 Å². The van der Waals surface area contributed by atoms with E-state index >= 15 is 0 Å². The molecule has 20 heavy (non-hydrogen) atoms. The highest BCUT2D eigenvalue weighted by Gasteiger charge is 2.34. The summed E-state index contributed by atoms with van der Waals surface area (Å²) < 4.78 is 0. The van der Waals surface area contributed by atoms with Crippen LogP contribution >= 0.6 is 0 Å². The molecule has 5 heteroatoms. The van der Waals surface area contributed by atoms with E-state index < -0.39 is 0 Å². The largest absolute Gasteiger partial charge is 0.396 e. The monoisotopic (exact) mass is 278 g/mol. The van der Waals surface area contributed by atoms with E-state index in [0.717, 1.165) is 50.4 Å². The Labute approximate surface area is 121 Å². The number of piperidine rings is 1. The molecule has 1 aliphatic heterocycles. The van der Waals surface area contributed by atoms with E-state index in [0.29, 0.717) is 0 Å². The fourth-order valence-electron chi connectivity index (χ4n) is 3.10. The first-order valence-corrected chi connectivity index (χ1v) is 7.45. The van der Waals surface area contributed by atoms with E-state index in [4.69, 9.17) is 0 Å². The van der Waals surface area contributed by atoms with E-state index in [1.54, 1.807) is 6.33 Å². The lowest BCUT2D eigenvalue weighted by molar-refractivity contribution is 0.0952. The van der Waals surface area contributed by atoms with Crippen LogP contribution in [0.4, 0.5) is 11.6 Å². The number of aromatic nitrogens is 2. The first kappa shape index (κ1) is 15.0. The van der Waals surface area contributed by atoms with Gasteiger partial charge in [0.2, 0.25) is 0 Å². The Morgan fingerprint density at radius 1 is 1.40 bits per heavy atom. The van der Waals surface area contributed by atoms with Gasteiger partial charge in [0.05, 0.1) is 6.61 Å². The lowest BCUT2D eigenvalue weighted by atomic mass is 9.77. The minimum absolute atomic E-state index is 0.0379. The predicted octanol–water partition coefficient (Wildman–Crippen LogP) is 1.92. The van der Waals surface area contributed by atoms with Crippen LogP contribution in [-0.2, 0) is 0 Å². The number of rotatable bonds is 5. The molecule has 1 N–H and O–H groups in total. The van der Waals surface area contributed by atoms with Gasteiger partial charge in [-0.3, -0.25) is 0 Å². The molecule has 1 aliphatic rings. The lowest BCUT2D eigenvalue weighted by Gasteiger charge is -2.42. The third-order valence-corrected chi connectivity index (χ3v) is 4.20. The topological polar surface area (TPSA) is 52.5 Å². The molecule has 0 saturated carbocycles. The second-order valence-electron chi connectivity index (χ2n) is 6.06. The number of nitrogens with zero attached hydrogens (tertiary/aromatic N) is 4. The Balaban J connectivity index is 2.18. The molecule has 112 valence electrons. The van der Waals surface area contributed by atoms with Crippen LogP contribution in [0.2, 0.25) is 0 Å². The summed E-state index contributed by atoms with van der Waals surface area (Å²) in [5, 5.41) is 9.81. The average molecular weight is 278 g/mol. The normalized spacial score (nSPS) is 22.9. The fraction of sp³-hybridized carbons (Fsp3) is 0.733. The first-order chi connectivity index (χ1) is 9.60. The minimum atomic E-state index is 0.0379. The molecule has 0 amide bonds. The smallest absolute Gasteiger partial charge is 0.134 e. The number of aliphatic hydroxyl groups is 1. The van der Waals surface area contributed by atoms with Gasteiger partial charge < -0.3 is 14.9 Å². The van der Waals surface area contributed by atoms with Gasteiger partial charge in [-0.1, -0.05) is 13.3 Å². The molecule has 1 aromatic heterocycles. The molecule has 0 radical (unpaired) electrons. The highest BCUT2D eigenvalue weighted by Crippen LogP contribution is 2.35. The molecule has 0 bridgehead atoms. The number of hydrogen-bond acceptors (Lipinski definition) is 5. The number of anilines is 2. The van der Waals surface area contributed by atoms with E-state index in [-0.39, 0.29) is 12.0 Å². The zero-order valence-corrected chi connectivity index (χ0v) is 12.8. The summed E-state index contributed by atoms with van der Waals surface area (Å²) in [7, 11) is 3.97. The molecular formula is C15H26N4O. The highest BCUT2D eigenvalue weighted by molar-refractivity contribution is 5.49. The van der Waals surface area contributed by atoms with Crippen molar-refractivity contribution in [1.29, 1.82) is 0 Å². The fourth-order valence-corrected chi connectivity index (χ4v) is 3.10. The second kappa shape index (κ2) is 6.39. The Kier molecular flexibility index (Phi) is 4.81. The van der Waals surface area contributed by atoms with Crippen LogP contribution in [-0.4, -0.2) is 48.9 Å². The molecule has 1 saturated heterocycles.